The molecule has 1 heterocycles. The van der Waals surface area contributed by atoms with Gasteiger partial charge in [0.25, 0.3) is 0 Å². The lowest BCUT2D eigenvalue weighted by Gasteiger charge is -2.38. The molecule has 0 radical (unpaired) electrons. The standard InChI is InChI=1S/C10H19NO2S/c1-9-8-14(12,13)6-5-11(9)7-10-3-2-4-10/h9-10H,2-8H2,1H3/t9-/m1/s1. The Morgan fingerprint density at radius 3 is 2.57 bits per heavy atom. The van der Waals surface area contributed by atoms with E-state index in [-0.39, 0.29) is 6.04 Å². The Balaban J connectivity index is 1.88. The molecule has 0 aromatic carbocycles. The predicted octanol–water partition coefficient (Wildman–Crippen LogP) is 0.905. The molecule has 0 bridgehead atoms. The van der Waals surface area contributed by atoms with Crippen molar-refractivity contribution in [2.75, 3.05) is 24.6 Å². The zero-order valence-electron chi connectivity index (χ0n) is 8.78. The van der Waals surface area contributed by atoms with Crippen LogP contribution < -0.4 is 0 Å². The van der Waals surface area contributed by atoms with Gasteiger partial charge in [-0.3, -0.25) is 4.90 Å². The first-order valence-corrected chi connectivity index (χ1v) is 7.33. The van der Waals surface area contributed by atoms with Crippen molar-refractivity contribution in [1.29, 1.82) is 0 Å². The van der Waals surface area contributed by atoms with Crippen LogP contribution in [0.3, 0.4) is 0 Å². The lowest BCUT2D eigenvalue weighted by Crippen LogP contribution is -2.49. The average Bonchev–Trinajstić information content (AvgIpc) is 1.98. The van der Waals surface area contributed by atoms with Crippen LogP contribution in [0.2, 0.25) is 0 Å². The first-order chi connectivity index (χ1) is 6.57. The molecule has 2 fully saturated rings. The van der Waals surface area contributed by atoms with Crippen LogP contribution in [0.1, 0.15) is 26.2 Å². The monoisotopic (exact) mass is 217 g/mol. The third kappa shape index (κ3) is 2.28. The largest absolute Gasteiger partial charge is 0.298 e. The molecule has 0 amide bonds. The van der Waals surface area contributed by atoms with Crippen molar-refractivity contribution in [2.45, 2.75) is 32.2 Å². The Hall–Kier alpha value is -0.0900. The molecule has 1 saturated heterocycles. The van der Waals surface area contributed by atoms with Gasteiger partial charge in [-0.1, -0.05) is 6.42 Å². The van der Waals surface area contributed by atoms with Crippen LogP contribution in [-0.4, -0.2) is 44.0 Å². The van der Waals surface area contributed by atoms with Crippen molar-refractivity contribution in [2.24, 2.45) is 5.92 Å². The maximum absolute atomic E-state index is 11.3. The van der Waals surface area contributed by atoms with Gasteiger partial charge < -0.3 is 0 Å². The SMILES string of the molecule is C[C@@H]1CS(=O)(=O)CCN1CC1CCC1. The summed E-state index contributed by atoms with van der Waals surface area (Å²) in [7, 11) is -2.73. The second-order valence-electron chi connectivity index (χ2n) is 4.76. The summed E-state index contributed by atoms with van der Waals surface area (Å²) in [5, 5.41) is 0. The molecule has 1 saturated carbocycles. The van der Waals surface area contributed by atoms with Gasteiger partial charge in [0.05, 0.1) is 11.5 Å². The second-order valence-corrected chi connectivity index (χ2v) is 6.98. The molecule has 3 nitrogen and oxygen atoms in total. The smallest absolute Gasteiger partial charge is 0.153 e. The van der Waals surface area contributed by atoms with Crippen LogP contribution in [0.25, 0.3) is 0 Å². The van der Waals surface area contributed by atoms with Gasteiger partial charge in [-0.15, -0.1) is 0 Å². The summed E-state index contributed by atoms with van der Waals surface area (Å²) < 4.78 is 22.7. The summed E-state index contributed by atoms with van der Waals surface area (Å²) >= 11 is 0. The molecule has 1 atom stereocenters. The normalized spacial score (nSPS) is 33.9. The predicted molar refractivity (Wildman–Crippen MR) is 57.0 cm³/mol. The molecule has 1 aliphatic carbocycles. The summed E-state index contributed by atoms with van der Waals surface area (Å²) in [6, 6.07) is 0.231. The highest BCUT2D eigenvalue weighted by Gasteiger charge is 2.30. The van der Waals surface area contributed by atoms with E-state index in [0.717, 1.165) is 19.0 Å². The molecular weight excluding hydrogens is 198 g/mol. The van der Waals surface area contributed by atoms with Gasteiger partial charge in [-0.2, -0.15) is 0 Å². The van der Waals surface area contributed by atoms with Gasteiger partial charge in [0.2, 0.25) is 0 Å². The fraction of sp³-hybridized carbons (Fsp3) is 1.00. The van der Waals surface area contributed by atoms with E-state index in [2.05, 4.69) is 4.90 Å². The minimum Gasteiger partial charge on any atom is -0.298 e. The molecule has 4 heteroatoms. The van der Waals surface area contributed by atoms with Gasteiger partial charge in [0.1, 0.15) is 0 Å². The highest BCUT2D eigenvalue weighted by Crippen LogP contribution is 2.28. The average molecular weight is 217 g/mol. The van der Waals surface area contributed by atoms with E-state index < -0.39 is 9.84 Å². The van der Waals surface area contributed by atoms with Gasteiger partial charge in [-0.05, 0) is 25.7 Å². The lowest BCUT2D eigenvalue weighted by atomic mass is 9.85. The highest BCUT2D eigenvalue weighted by atomic mass is 32.2. The summed E-state index contributed by atoms with van der Waals surface area (Å²) in [5.41, 5.74) is 0. The summed E-state index contributed by atoms with van der Waals surface area (Å²) in [4.78, 5) is 2.35. The Bertz CT molecular complexity index is 295. The molecular formula is C10H19NO2S. The van der Waals surface area contributed by atoms with Crippen molar-refractivity contribution in [3.8, 4) is 0 Å². The molecule has 2 rings (SSSR count). The van der Waals surface area contributed by atoms with E-state index in [9.17, 15) is 8.42 Å². The topological polar surface area (TPSA) is 37.4 Å². The molecule has 0 spiro atoms. The molecule has 0 N–H and O–H groups in total. The number of hydrogen-bond donors (Lipinski definition) is 0. The Kier molecular flexibility index (Phi) is 2.84. The van der Waals surface area contributed by atoms with E-state index in [1.165, 1.54) is 19.3 Å². The van der Waals surface area contributed by atoms with Crippen molar-refractivity contribution in [3.05, 3.63) is 0 Å². The van der Waals surface area contributed by atoms with Crippen LogP contribution >= 0.6 is 0 Å². The van der Waals surface area contributed by atoms with E-state index >= 15 is 0 Å². The Morgan fingerprint density at radius 1 is 1.36 bits per heavy atom. The van der Waals surface area contributed by atoms with E-state index in [1.807, 2.05) is 6.92 Å². The van der Waals surface area contributed by atoms with Crippen molar-refractivity contribution in [1.82, 2.24) is 4.90 Å². The number of hydrogen-bond acceptors (Lipinski definition) is 3. The summed E-state index contributed by atoms with van der Waals surface area (Å²) in [5.74, 6) is 1.57. The first-order valence-electron chi connectivity index (χ1n) is 5.51. The fourth-order valence-corrected chi connectivity index (χ4v) is 3.94. The summed E-state index contributed by atoms with van der Waals surface area (Å²) in [6.45, 7) is 3.91. The highest BCUT2D eigenvalue weighted by molar-refractivity contribution is 7.91. The van der Waals surface area contributed by atoms with Gasteiger partial charge in [-0.25, -0.2) is 8.42 Å². The van der Waals surface area contributed by atoms with Crippen molar-refractivity contribution >= 4 is 9.84 Å². The maximum atomic E-state index is 11.3. The molecule has 0 aromatic heterocycles. The fourth-order valence-electron chi connectivity index (χ4n) is 2.31. The second kappa shape index (κ2) is 3.81. The molecule has 1 aliphatic heterocycles. The zero-order valence-corrected chi connectivity index (χ0v) is 9.59. The molecule has 82 valence electrons. The van der Waals surface area contributed by atoms with Crippen LogP contribution in [0, 0.1) is 5.92 Å². The van der Waals surface area contributed by atoms with Crippen molar-refractivity contribution in [3.63, 3.8) is 0 Å². The number of nitrogens with zero attached hydrogens (tertiary/aromatic N) is 1. The minimum atomic E-state index is -2.73. The van der Waals surface area contributed by atoms with Crippen LogP contribution in [0.4, 0.5) is 0 Å². The molecule has 0 aromatic rings. The van der Waals surface area contributed by atoms with Gasteiger partial charge in [0.15, 0.2) is 9.84 Å². The van der Waals surface area contributed by atoms with Crippen LogP contribution in [-0.2, 0) is 9.84 Å². The van der Waals surface area contributed by atoms with E-state index in [4.69, 9.17) is 0 Å². The quantitative estimate of drug-likeness (QED) is 0.690. The van der Waals surface area contributed by atoms with E-state index in [1.54, 1.807) is 0 Å². The summed E-state index contributed by atoms with van der Waals surface area (Å²) in [6.07, 6.45) is 4.05. The van der Waals surface area contributed by atoms with Crippen LogP contribution in [0.5, 0.6) is 0 Å². The molecule has 14 heavy (non-hydrogen) atoms. The number of rotatable bonds is 2. The molecule has 0 unspecified atom stereocenters. The van der Waals surface area contributed by atoms with E-state index in [0.29, 0.717) is 11.5 Å². The Labute approximate surface area is 86.4 Å². The van der Waals surface area contributed by atoms with Crippen molar-refractivity contribution < 1.29 is 8.42 Å². The zero-order chi connectivity index (χ0) is 10.2. The minimum absolute atomic E-state index is 0.231. The first kappa shape index (κ1) is 10.4. The Morgan fingerprint density at radius 2 is 2.07 bits per heavy atom. The van der Waals surface area contributed by atoms with Gasteiger partial charge in [0, 0.05) is 19.1 Å². The third-order valence-corrected chi connectivity index (χ3v) is 5.32. The maximum Gasteiger partial charge on any atom is 0.153 e. The lowest BCUT2D eigenvalue weighted by molar-refractivity contribution is 0.151. The third-order valence-electron chi connectivity index (χ3n) is 3.53. The van der Waals surface area contributed by atoms with Crippen LogP contribution in [0.15, 0.2) is 0 Å². The molecule has 2 aliphatic rings. The number of sulfone groups is 1. The van der Waals surface area contributed by atoms with Gasteiger partial charge >= 0.3 is 0 Å².